The van der Waals surface area contributed by atoms with Crippen molar-refractivity contribution in [3.05, 3.63) is 22.7 Å². The quantitative estimate of drug-likeness (QED) is 0.840. The van der Waals surface area contributed by atoms with Crippen LogP contribution in [0.3, 0.4) is 0 Å². The number of rotatable bonds is 2. The molecule has 3 rings (SSSR count). The van der Waals surface area contributed by atoms with Gasteiger partial charge >= 0.3 is 10.2 Å². The third-order valence-corrected chi connectivity index (χ3v) is 5.58. The van der Waals surface area contributed by atoms with E-state index in [2.05, 4.69) is 15.9 Å². The maximum atomic E-state index is 12.3. The number of hydrogen-bond donors (Lipinski definition) is 0. The summed E-state index contributed by atoms with van der Waals surface area (Å²) in [6.07, 6.45) is 2.28. The highest BCUT2D eigenvalue weighted by atomic mass is 79.9. The molecule has 0 bridgehead atoms. The van der Waals surface area contributed by atoms with Gasteiger partial charge in [0.2, 0.25) is 0 Å². The second-order valence-corrected chi connectivity index (χ2v) is 7.38. The first-order chi connectivity index (χ1) is 8.00. The number of nitrogens with zero attached hydrogens (tertiary/aromatic N) is 2. The fourth-order valence-corrected chi connectivity index (χ4v) is 3.93. The van der Waals surface area contributed by atoms with E-state index in [1.165, 1.54) is 8.61 Å². The second kappa shape index (κ2) is 3.62. The summed E-state index contributed by atoms with van der Waals surface area (Å²) in [6, 6.07) is 5.59. The Kier molecular flexibility index (Phi) is 2.42. The zero-order valence-electron chi connectivity index (χ0n) is 9.43. The molecule has 1 saturated carbocycles. The molecular formula is C11H13BrN2O2S. The summed E-state index contributed by atoms with van der Waals surface area (Å²) in [4.78, 5) is 0. The van der Waals surface area contributed by atoms with Gasteiger partial charge in [-0.25, -0.2) is 0 Å². The molecule has 1 fully saturated rings. The molecule has 0 N–H and O–H groups in total. The summed E-state index contributed by atoms with van der Waals surface area (Å²) in [5.74, 6) is 0.535. The highest BCUT2D eigenvalue weighted by Gasteiger charge is 2.40. The van der Waals surface area contributed by atoms with Gasteiger partial charge in [0.15, 0.2) is 0 Å². The van der Waals surface area contributed by atoms with Gasteiger partial charge in [0.05, 0.1) is 11.4 Å². The Bertz CT molecular complexity index is 569. The zero-order valence-corrected chi connectivity index (χ0v) is 11.8. The predicted molar refractivity (Wildman–Crippen MR) is 71.5 cm³/mol. The van der Waals surface area contributed by atoms with E-state index in [1.807, 2.05) is 18.2 Å². The van der Waals surface area contributed by atoms with E-state index in [0.29, 0.717) is 12.5 Å². The van der Waals surface area contributed by atoms with E-state index >= 15 is 0 Å². The summed E-state index contributed by atoms with van der Waals surface area (Å²) in [5.41, 5.74) is 1.54. The second-order valence-electron chi connectivity index (χ2n) is 4.58. The first kappa shape index (κ1) is 11.3. The Morgan fingerprint density at radius 2 is 2.06 bits per heavy atom. The van der Waals surface area contributed by atoms with E-state index in [-0.39, 0.29) is 0 Å². The fourth-order valence-electron chi connectivity index (χ4n) is 2.08. The van der Waals surface area contributed by atoms with Gasteiger partial charge in [0.1, 0.15) is 0 Å². The van der Waals surface area contributed by atoms with Crippen molar-refractivity contribution in [1.29, 1.82) is 0 Å². The van der Waals surface area contributed by atoms with Crippen molar-refractivity contribution >= 4 is 37.5 Å². The molecule has 0 aromatic heterocycles. The van der Waals surface area contributed by atoms with Crippen LogP contribution in [0.5, 0.6) is 0 Å². The molecule has 1 aliphatic carbocycles. The van der Waals surface area contributed by atoms with Crippen LogP contribution in [0.2, 0.25) is 0 Å². The SMILES string of the molecule is CN1c2cc(Br)ccc2N(CC2CC2)S1(=O)=O. The minimum absolute atomic E-state index is 0.535. The molecule has 0 spiro atoms. The van der Waals surface area contributed by atoms with Crippen LogP contribution >= 0.6 is 15.9 Å². The van der Waals surface area contributed by atoms with Crippen LogP contribution in [0, 0.1) is 5.92 Å². The number of anilines is 2. The van der Waals surface area contributed by atoms with E-state index in [0.717, 1.165) is 28.7 Å². The van der Waals surface area contributed by atoms with Crippen molar-refractivity contribution in [3.8, 4) is 0 Å². The molecule has 0 amide bonds. The smallest absolute Gasteiger partial charge is 0.254 e. The molecule has 2 aliphatic rings. The molecule has 1 heterocycles. The molecule has 6 heteroatoms. The highest BCUT2D eigenvalue weighted by molar-refractivity contribution is 9.10. The predicted octanol–water partition coefficient (Wildman–Crippen LogP) is 2.36. The van der Waals surface area contributed by atoms with Gasteiger partial charge in [-0.3, -0.25) is 8.61 Å². The Hall–Kier alpha value is -0.750. The maximum Gasteiger partial charge on any atom is 0.326 e. The van der Waals surface area contributed by atoms with Gasteiger partial charge in [0.25, 0.3) is 0 Å². The maximum absolute atomic E-state index is 12.3. The fraction of sp³-hybridized carbons (Fsp3) is 0.455. The van der Waals surface area contributed by atoms with Gasteiger partial charge in [-0.05, 0) is 37.0 Å². The monoisotopic (exact) mass is 316 g/mol. The molecule has 0 radical (unpaired) electrons. The van der Waals surface area contributed by atoms with E-state index in [1.54, 1.807) is 7.05 Å². The lowest BCUT2D eigenvalue weighted by molar-refractivity contribution is 0.590. The van der Waals surface area contributed by atoms with Crippen LogP contribution < -0.4 is 8.61 Å². The zero-order chi connectivity index (χ0) is 12.2. The van der Waals surface area contributed by atoms with Crippen LogP contribution in [0.15, 0.2) is 22.7 Å². The Balaban J connectivity index is 2.09. The largest absolute Gasteiger partial charge is 0.326 e. The van der Waals surface area contributed by atoms with Crippen LogP contribution in [0.4, 0.5) is 11.4 Å². The average Bonchev–Trinajstić information content (AvgIpc) is 3.06. The van der Waals surface area contributed by atoms with E-state index in [9.17, 15) is 8.42 Å². The van der Waals surface area contributed by atoms with Gasteiger partial charge < -0.3 is 0 Å². The van der Waals surface area contributed by atoms with Crippen LogP contribution in [0.1, 0.15) is 12.8 Å². The van der Waals surface area contributed by atoms with E-state index in [4.69, 9.17) is 0 Å². The topological polar surface area (TPSA) is 40.6 Å². The number of benzene rings is 1. The van der Waals surface area contributed by atoms with Crippen molar-refractivity contribution < 1.29 is 8.42 Å². The first-order valence-electron chi connectivity index (χ1n) is 5.56. The molecule has 4 nitrogen and oxygen atoms in total. The van der Waals surface area contributed by atoms with E-state index < -0.39 is 10.2 Å². The summed E-state index contributed by atoms with van der Waals surface area (Å²) in [6.45, 7) is 0.612. The van der Waals surface area contributed by atoms with Gasteiger partial charge in [-0.15, -0.1) is 0 Å². The molecule has 0 unspecified atom stereocenters. The molecular weight excluding hydrogens is 304 g/mol. The summed E-state index contributed by atoms with van der Waals surface area (Å²) >= 11 is 3.37. The molecule has 0 saturated heterocycles. The minimum Gasteiger partial charge on any atom is -0.254 e. The minimum atomic E-state index is -3.35. The molecule has 0 atom stereocenters. The molecule has 92 valence electrons. The summed E-state index contributed by atoms with van der Waals surface area (Å²) in [5, 5.41) is 0. The lowest BCUT2D eigenvalue weighted by Gasteiger charge is -2.18. The highest BCUT2D eigenvalue weighted by Crippen LogP contribution is 2.43. The third-order valence-electron chi connectivity index (χ3n) is 3.29. The lowest BCUT2D eigenvalue weighted by atomic mass is 10.2. The third kappa shape index (κ3) is 1.74. The van der Waals surface area contributed by atoms with Crippen molar-refractivity contribution in [2.75, 3.05) is 22.2 Å². The van der Waals surface area contributed by atoms with Crippen LogP contribution in [0.25, 0.3) is 0 Å². The Morgan fingerprint density at radius 3 is 2.71 bits per heavy atom. The number of halogens is 1. The van der Waals surface area contributed by atoms with Gasteiger partial charge in [-0.2, -0.15) is 8.42 Å². The summed E-state index contributed by atoms with van der Waals surface area (Å²) < 4.78 is 28.3. The van der Waals surface area contributed by atoms with Crippen molar-refractivity contribution in [3.63, 3.8) is 0 Å². The molecule has 1 aromatic carbocycles. The van der Waals surface area contributed by atoms with Gasteiger partial charge in [0, 0.05) is 18.1 Å². The normalized spacial score (nSPS) is 21.8. The van der Waals surface area contributed by atoms with Crippen LogP contribution in [-0.2, 0) is 10.2 Å². The summed E-state index contributed by atoms with van der Waals surface area (Å²) in [7, 11) is -1.75. The average molecular weight is 317 g/mol. The Labute approximate surface area is 110 Å². The van der Waals surface area contributed by atoms with Crippen molar-refractivity contribution in [2.24, 2.45) is 5.92 Å². The van der Waals surface area contributed by atoms with Crippen LogP contribution in [-0.4, -0.2) is 22.0 Å². The van der Waals surface area contributed by atoms with Crippen molar-refractivity contribution in [1.82, 2.24) is 0 Å². The molecule has 17 heavy (non-hydrogen) atoms. The number of hydrogen-bond acceptors (Lipinski definition) is 2. The van der Waals surface area contributed by atoms with Crippen molar-refractivity contribution in [2.45, 2.75) is 12.8 Å². The Morgan fingerprint density at radius 1 is 1.35 bits per heavy atom. The standard InChI is InChI=1S/C11H13BrN2O2S/c1-13-11-6-9(12)4-5-10(11)14(17(13,15)16)7-8-2-3-8/h4-6,8H,2-3,7H2,1H3. The van der Waals surface area contributed by atoms with Gasteiger partial charge in [-0.1, -0.05) is 15.9 Å². The molecule has 1 aromatic rings. The first-order valence-corrected chi connectivity index (χ1v) is 7.75. The molecule has 1 aliphatic heterocycles. The number of fused-ring (bicyclic) bond motifs is 1. The lowest BCUT2D eigenvalue weighted by Crippen LogP contribution is -2.36.